The summed E-state index contributed by atoms with van der Waals surface area (Å²) >= 11 is 6.02. The minimum atomic E-state index is 0.0197. The standard InChI is InChI=1S/C18H19ClO/c1-4-13(3)14-5-7-15(8-6-14)18(20)16-9-12(2)10-17(19)11-16/h5-11,13H,4H2,1-3H3. The van der Waals surface area contributed by atoms with E-state index in [0.717, 1.165) is 12.0 Å². The lowest BCUT2D eigenvalue weighted by Crippen LogP contribution is -2.02. The molecule has 0 radical (unpaired) electrons. The van der Waals surface area contributed by atoms with Crippen LogP contribution in [-0.4, -0.2) is 5.78 Å². The van der Waals surface area contributed by atoms with E-state index in [4.69, 9.17) is 11.6 Å². The quantitative estimate of drug-likeness (QED) is 0.688. The van der Waals surface area contributed by atoms with Crippen LogP contribution in [0.2, 0.25) is 5.02 Å². The molecule has 0 aliphatic carbocycles. The van der Waals surface area contributed by atoms with Crippen LogP contribution in [0.15, 0.2) is 42.5 Å². The number of hydrogen-bond acceptors (Lipinski definition) is 1. The number of carbonyl (C=O) groups is 1. The molecule has 2 rings (SSSR count). The highest BCUT2D eigenvalue weighted by molar-refractivity contribution is 6.31. The molecule has 0 fully saturated rings. The minimum Gasteiger partial charge on any atom is -0.289 e. The molecule has 0 saturated heterocycles. The van der Waals surface area contributed by atoms with Crippen LogP contribution >= 0.6 is 11.6 Å². The molecular formula is C18H19ClO. The molecule has 0 N–H and O–H groups in total. The SMILES string of the molecule is CCC(C)c1ccc(C(=O)c2cc(C)cc(Cl)c2)cc1. The predicted molar refractivity (Wildman–Crippen MR) is 84.8 cm³/mol. The molecule has 0 spiro atoms. The first-order valence-corrected chi connectivity index (χ1v) is 7.31. The van der Waals surface area contributed by atoms with Gasteiger partial charge in [-0.3, -0.25) is 4.79 Å². The maximum atomic E-state index is 12.4. The van der Waals surface area contributed by atoms with Crippen molar-refractivity contribution in [3.63, 3.8) is 0 Å². The van der Waals surface area contributed by atoms with Gasteiger partial charge in [0.25, 0.3) is 0 Å². The van der Waals surface area contributed by atoms with E-state index >= 15 is 0 Å². The normalized spacial score (nSPS) is 12.2. The summed E-state index contributed by atoms with van der Waals surface area (Å²) < 4.78 is 0. The number of halogens is 1. The van der Waals surface area contributed by atoms with Crippen molar-refractivity contribution in [2.24, 2.45) is 0 Å². The van der Waals surface area contributed by atoms with E-state index in [2.05, 4.69) is 13.8 Å². The van der Waals surface area contributed by atoms with Gasteiger partial charge in [-0.2, -0.15) is 0 Å². The second kappa shape index (κ2) is 6.23. The Morgan fingerprint density at radius 1 is 1.10 bits per heavy atom. The van der Waals surface area contributed by atoms with Gasteiger partial charge < -0.3 is 0 Å². The first-order chi connectivity index (χ1) is 9.51. The van der Waals surface area contributed by atoms with E-state index in [-0.39, 0.29) is 5.78 Å². The average molecular weight is 287 g/mol. The molecule has 0 amide bonds. The Labute approximate surface area is 125 Å². The molecule has 0 saturated carbocycles. The van der Waals surface area contributed by atoms with Crippen molar-refractivity contribution in [2.75, 3.05) is 0 Å². The van der Waals surface area contributed by atoms with E-state index in [1.54, 1.807) is 6.07 Å². The number of benzene rings is 2. The third-order valence-corrected chi connectivity index (χ3v) is 3.88. The fourth-order valence-corrected chi connectivity index (χ4v) is 2.52. The Hall–Kier alpha value is -1.60. The van der Waals surface area contributed by atoms with Crippen molar-refractivity contribution in [2.45, 2.75) is 33.1 Å². The Bertz CT molecular complexity index is 594. The summed E-state index contributed by atoms with van der Waals surface area (Å²) in [5, 5.41) is 0.601. The Balaban J connectivity index is 2.29. The Morgan fingerprint density at radius 2 is 1.75 bits per heavy atom. The molecule has 1 nitrogen and oxygen atoms in total. The fourth-order valence-electron chi connectivity index (χ4n) is 2.23. The fraction of sp³-hybridized carbons (Fsp3) is 0.278. The molecule has 0 bridgehead atoms. The van der Waals surface area contributed by atoms with Crippen LogP contribution in [0.1, 0.15) is 53.2 Å². The molecule has 0 aliphatic heterocycles. The largest absolute Gasteiger partial charge is 0.289 e. The summed E-state index contributed by atoms with van der Waals surface area (Å²) in [5.41, 5.74) is 3.62. The van der Waals surface area contributed by atoms with Gasteiger partial charge in [0, 0.05) is 16.1 Å². The molecule has 20 heavy (non-hydrogen) atoms. The third-order valence-electron chi connectivity index (χ3n) is 3.66. The molecule has 0 aliphatic rings. The number of carbonyl (C=O) groups excluding carboxylic acids is 1. The average Bonchev–Trinajstić information content (AvgIpc) is 2.45. The first-order valence-electron chi connectivity index (χ1n) is 6.93. The zero-order valence-electron chi connectivity index (χ0n) is 12.1. The molecule has 2 aromatic rings. The van der Waals surface area contributed by atoms with Crippen LogP contribution in [0.4, 0.5) is 0 Å². The van der Waals surface area contributed by atoms with Gasteiger partial charge in [-0.1, -0.05) is 49.7 Å². The van der Waals surface area contributed by atoms with Gasteiger partial charge in [0.2, 0.25) is 0 Å². The molecule has 0 aromatic heterocycles. The van der Waals surface area contributed by atoms with Gasteiger partial charge in [-0.05, 0) is 48.6 Å². The zero-order valence-corrected chi connectivity index (χ0v) is 12.9. The van der Waals surface area contributed by atoms with Crippen molar-refractivity contribution < 1.29 is 4.79 Å². The van der Waals surface area contributed by atoms with E-state index in [9.17, 15) is 4.79 Å². The predicted octanol–water partition coefficient (Wildman–Crippen LogP) is 5.39. The second-order valence-corrected chi connectivity index (χ2v) is 5.71. The van der Waals surface area contributed by atoms with Gasteiger partial charge in [0.1, 0.15) is 0 Å². The number of hydrogen-bond donors (Lipinski definition) is 0. The highest BCUT2D eigenvalue weighted by Gasteiger charge is 2.11. The molecule has 2 heteroatoms. The number of rotatable bonds is 4. The molecule has 1 unspecified atom stereocenters. The molecule has 104 valence electrons. The minimum absolute atomic E-state index is 0.0197. The maximum absolute atomic E-state index is 12.4. The number of aryl methyl sites for hydroxylation is 1. The topological polar surface area (TPSA) is 17.1 Å². The van der Waals surface area contributed by atoms with Crippen LogP contribution in [-0.2, 0) is 0 Å². The lowest BCUT2D eigenvalue weighted by Gasteiger charge is -2.09. The first kappa shape index (κ1) is 14.8. The van der Waals surface area contributed by atoms with E-state index in [0.29, 0.717) is 22.1 Å². The van der Waals surface area contributed by atoms with Gasteiger partial charge in [0.15, 0.2) is 5.78 Å². The smallest absolute Gasteiger partial charge is 0.193 e. The van der Waals surface area contributed by atoms with E-state index < -0.39 is 0 Å². The van der Waals surface area contributed by atoms with Crippen LogP contribution < -0.4 is 0 Å². The Kier molecular flexibility index (Phi) is 4.61. The van der Waals surface area contributed by atoms with Crippen LogP contribution in [0.3, 0.4) is 0 Å². The van der Waals surface area contributed by atoms with E-state index in [1.165, 1.54) is 5.56 Å². The highest BCUT2D eigenvalue weighted by atomic mass is 35.5. The summed E-state index contributed by atoms with van der Waals surface area (Å²) in [6.07, 6.45) is 1.10. The van der Waals surface area contributed by atoms with Crippen molar-refractivity contribution >= 4 is 17.4 Å². The van der Waals surface area contributed by atoms with Crippen molar-refractivity contribution in [3.8, 4) is 0 Å². The maximum Gasteiger partial charge on any atom is 0.193 e. The molecular weight excluding hydrogens is 268 g/mol. The van der Waals surface area contributed by atoms with Gasteiger partial charge >= 0.3 is 0 Å². The zero-order chi connectivity index (χ0) is 14.7. The summed E-state index contributed by atoms with van der Waals surface area (Å²) in [6.45, 7) is 6.30. The van der Waals surface area contributed by atoms with E-state index in [1.807, 2.05) is 43.3 Å². The lowest BCUT2D eigenvalue weighted by molar-refractivity contribution is 0.103. The summed E-state index contributed by atoms with van der Waals surface area (Å²) in [4.78, 5) is 12.4. The van der Waals surface area contributed by atoms with Crippen LogP contribution in [0, 0.1) is 6.92 Å². The molecule has 0 heterocycles. The van der Waals surface area contributed by atoms with Crippen LogP contribution in [0.25, 0.3) is 0 Å². The van der Waals surface area contributed by atoms with Crippen molar-refractivity contribution in [3.05, 3.63) is 69.7 Å². The monoisotopic (exact) mass is 286 g/mol. The second-order valence-electron chi connectivity index (χ2n) is 5.28. The van der Waals surface area contributed by atoms with Gasteiger partial charge in [-0.25, -0.2) is 0 Å². The highest BCUT2D eigenvalue weighted by Crippen LogP contribution is 2.21. The molecule has 1 atom stereocenters. The summed E-state index contributed by atoms with van der Waals surface area (Å²) in [6, 6.07) is 13.3. The van der Waals surface area contributed by atoms with Crippen molar-refractivity contribution in [1.29, 1.82) is 0 Å². The van der Waals surface area contributed by atoms with Gasteiger partial charge in [-0.15, -0.1) is 0 Å². The molecule has 2 aromatic carbocycles. The van der Waals surface area contributed by atoms with Crippen molar-refractivity contribution in [1.82, 2.24) is 0 Å². The van der Waals surface area contributed by atoms with Crippen LogP contribution in [0.5, 0.6) is 0 Å². The third kappa shape index (κ3) is 3.29. The van der Waals surface area contributed by atoms with Gasteiger partial charge in [0.05, 0.1) is 0 Å². The number of ketones is 1. The summed E-state index contributed by atoms with van der Waals surface area (Å²) in [5.74, 6) is 0.541. The Morgan fingerprint density at radius 3 is 2.30 bits per heavy atom. The summed E-state index contributed by atoms with van der Waals surface area (Å²) in [7, 11) is 0. The lowest BCUT2D eigenvalue weighted by atomic mass is 9.95.